The summed E-state index contributed by atoms with van der Waals surface area (Å²) in [5, 5.41) is 2.38. The molecule has 2 aromatic carbocycles. The van der Waals surface area contributed by atoms with Crippen LogP contribution in [0.2, 0.25) is 23.2 Å². The van der Waals surface area contributed by atoms with Gasteiger partial charge in [0.05, 0.1) is 37.1 Å². The van der Waals surface area contributed by atoms with Gasteiger partial charge in [-0.25, -0.2) is 0 Å². The minimum Gasteiger partial charge on any atom is -0.417 e. The smallest absolute Gasteiger partial charge is 0.261 e. The third-order valence-corrected chi connectivity index (χ3v) is 22.6. The van der Waals surface area contributed by atoms with E-state index in [1.807, 2.05) is 0 Å². The Kier molecular flexibility index (Phi) is 21.9. The molecule has 0 fully saturated rings. The van der Waals surface area contributed by atoms with Gasteiger partial charge in [-0.05, 0) is 91.3 Å². The predicted molar refractivity (Wildman–Crippen MR) is 269 cm³/mol. The first-order valence-electron chi connectivity index (χ1n) is 23.6. The summed E-state index contributed by atoms with van der Waals surface area (Å²) in [7, 11) is -1.46. The Morgan fingerprint density at radius 2 is 1.52 bits per heavy atom. The van der Waals surface area contributed by atoms with E-state index in [1.54, 1.807) is 14.2 Å². The lowest BCUT2D eigenvalue weighted by Crippen LogP contribution is -2.68. The van der Waals surface area contributed by atoms with Crippen LogP contribution >= 0.6 is 0 Å². The Hall–Kier alpha value is -2.75. The third kappa shape index (κ3) is 16.5. The molecule has 356 valence electrons. The van der Waals surface area contributed by atoms with Crippen molar-refractivity contribution in [3.05, 3.63) is 121 Å². The Labute approximate surface area is 390 Å². The molecule has 4 rings (SSSR count). The van der Waals surface area contributed by atoms with Gasteiger partial charge in [0.15, 0.2) is 8.32 Å². The number of hydrogen-bond acceptors (Lipinski definition) is 8. The van der Waals surface area contributed by atoms with Gasteiger partial charge in [-0.1, -0.05) is 169 Å². The van der Waals surface area contributed by atoms with Gasteiger partial charge in [0, 0.05) is 20.8 Å². The van der Waals surface area contributed by atoms with Crippen molar-refractivity contribution >= 4 is 27.0 Å². The maximum Gasteiger partial charge on any atom is 0.261 e. The van der Waals surface area contributed by atoms with Crippen LogP contribution in [0.25, 0.3) is 0 Å². The molecule has 0 saturated heterocycles. The van der Waals surface area contributed by atoms with Crippen molar-refractivity contribution in [2.24, 2.45) is 5.92 Å². The van der Waals surface area contributed by atoms with E-state index in [2.05, 4.69) is 178 Å². The minimum atomic E-state index is -2.99. The molecular weight excluding hydrogens is 833 g/mol. The molecular formula is C54H84O8Si2. The van der Waals surface area contributed by atoms with Crippen LogP contribution in [0, 0.1) is 5.92 Å². The second-order valence-corrected chi connectivity index (χ2v) is 29.6. The Balaban J connectivity index is 1.54. The minimum absolute atomic E-state index is 0.0440. The van der Waals surface area contributed by atoms with Gasteiger partial charge in [0.1, 0.15) is 19.7 Å². The van der Waals surface area contributed by atoms with E-state index in [4.69, 9.17) is 37.3 Å². The molecule has 0 aromatic heterocycles. The van der Waals surface area contributed by atoms with Gasteiger partial charge in [-0.2, -0.15) is 0 Å². The Bertz CT molecular complexity index is 1740. The molecule has 2 aliphatic rings. The monoisotopic (exact) mass is 917 g/mol. The number of rotatable bonds is 26. The second kappa shape index (κ2) is 26.0. The van der Waals surface area contributed by atoms with Crippen molar-refractivity contribution in [2.45, 2.75) is 160 Å². The maximum atomic E-state index is 7.82. The highest BCUT2D eigenvalue weighted by molar-refractivity contribution is 6.99. The lowest BCUT2D eigenvalue weighted by Gasteiger charge is -2.46. The van der Waals surface area contributed by atoms with Crippen LogP contribution in [0.5, 0.6) is 0 Å². The summed E-state index contributed by atoms with van der Waals surface area (Å²) in [6.07, 6.45) is 20.2. The first-order valence-corrected chi connectivity index (χ1v) is 28.4. The largest absolute Gasteiger partial charge is 0.417 e. The summed E-state index contributed by atoms with van der Waals surface area (Å²) >= 11 is 0. The van der Waals surface area contributed by atoms with Gasteiger partial charge >= 0.3 is 0 Å². The summed E-state index contributed by atoms with van der Waals surface area (Å²) in [5.74, 6) is 0.405. The average molecular weight is 917 g/mol. The summed E-state index contributed by atoms with van der Waals surface area (Å²) in [4.78, 5) is 0. The molecule has 7 atom stereocenters. The van der Waals surface area contributed by atoms with Crippen LogP contribution in [0.3, 0.4) is 0 Å². The molecule has 2 aromatic rings. The highest BCUT2D eigenvalue weighted by atomic mass is 28.4. The third-order valence-electron chi connectivity index (χ3n) is 13.0. The summed E-state index contributed by atoms with van der Waals surface area (Å²) in [6.45, 7) is 29.1. The van der Waals surface area contributed by atoms with E-state index < -0.39 is 22.7 Å². The first-order chi connectivity index (χ1) is 30.4. The summed E-state index contributed by atoms with van der Waals surface area (Å²) in [6, 6.07) is 21.5. The van der Waals surface area contributed by atoms with Crippen LogP contribution < -0.4 is 10.4 Å². The molecule has 0 saturated carbocycles. The van der Waals surface area contributed by atoms with E-state index in [-0.39, 0.29) is 54.2 Å². The molecule has 2 aliphatic heterocycles. The van der Waals surface area contributed by atoms with E-state index in [0.29, 0.717) is 25.4 Å². The standard InChI is InChI=1S/C54H84O8Si2/c1-42-32-34-57-47(37-42)30-31-51(59-41-56-11)52(62-64(54(7,8)9,49-25-16-14-17-26-49)50-27-18-15-19-28-50)29-21-23-46(58-40-55-10)38-43(2)36-44(3)39-48-24-20-22-45(61-48)33-35-60-63(12,13)53(4,5)6/h14-23,25-28,30-32,44-48,51-52H,2,24,29,33-41H2,1,3-13H3/b23-21+,31-30+/t44-,45-,46+,47+,48-,51-,52-/m0/s1. The Morgan fingerprint density at radius 3 is 2.11 bits per heavy atom. The molecule has 2 heterocycles. The molecule has 64 heavy (non-hydrogen) atoms. The quantitative estimate of drug-likeness (QED) is 0.0525. The zero-order valence-electron chi connectivity index (χ0n) is 41.6. The fourth-order valence-corrected chi connectivity index (χ4v) is 14.3. The number of benzene rings is 2. The fourth-order valence-electron chi connectivity index (χ4n) is 8.52. The van der Waals surface area contributed by atoms with Crippen LogP contribution in [0.1, 0.15) is 100 Å². The second-order valence-electron chi connectivity index (χ2n) is 20.5. The molecule has 0 radical (unpaired) electrons. The van der Waals surface area contributed by atoms with E-state index >= 15 is 0 Å². The average Bonchev–Trinajstić information content (AvgIpc) is 3.24. The van der Waals surface area contributed by atoms with Crippen LogP contribution in [0.15, 0.2) is 121 Å². The lowest BCUT2D eigenvalue weighted by atomic mass is 9.91. The number of hydrogen-bond donors (Lipinski definition) is 0. The molecule has 0 amide bonds. The molecule has 10 heteroatoms. The van der Waals surface area contributed by atoms with Gasteiger partial charge < -0.3 is 37.3 Å². The van der Waals surface area contributed by atoms with Gasteiger partial charge in [-0.3, -0.25) is 0 Å². The number of ether oxygens (including phenoxy) is 6. The predicted octanol–water partition coefficient (Wildman–Crippen LogP) is 11.6. The normalized spacial score (nSPS) is 20.9. The van der Waals surface area contributed by atoms with Gasteiger partial charge in [-0.15, -0.1) is 0 Å². The van der Waals surface area contributed by atoms with Crippen LogP contribution in [-0.4, -0.2) is 94.3 Å². The highest BCUT2D eigenvalue weighted by Gasteiger charge is 2.52. The van der Waals surface area contributed by atoms with Crippen LogP contribution in [0.4, 0.5) is 0 Å². The summed E-state index contributed by atoms with van der Waals surface area (Å²) in [5.41, 5.74) is 2.47. The molecule has 0 N–H and O–H groups in total. The first kappa shape index (κ1) is 53.9. The van der Waals surface area contributed by atoms with Gasteiger partial charge in [0.25, 0.3) is 8.32 Å². The van der Waals surface area contributed by atoms with Crippen LogP contribution in [-0.2, 0) is 37.3 Å². The highest BCUT2D eigenvalue weighted by Crippen LogP contribution is 2.39. The van der Waals surface area contributed by atoms with Crippen molar-refractivity contribution in [1.82, 2.24) is 0 Å². The van der Waals surface area contributed by atoms with Crippen molar-refractivity contribution in [3.63, 3.8) is 0 Å². The maximum absolute atomic E-state index is 7.82. The fraction of sp³-hybridized carbons (Fsp3) is 0.593. The topological polar surface area (TPSA) is 73.8 Å². The summed E-state index contributed by atoms with van der Waals surface area (Å²) < 4.78 is 50.8. The zero-order chi connectivity index (χ0) is 46.8. The van der Waals surface area contributed by atoms with Crippen molar-refractivity contribution in [2.75, 3.05) is 41.0 Å². The molecule has 0 spiro atoms. The lowest BCUT2D eigenvalue weighted by molar-refractivity contribution is -0.0889. The van der Waals surface area contributed by atoms with E-state index in [1.165, 1.54) is 15.9 Å². The van der Waals surface area contributed by atoms with Crippen molar-refractivity contribution in [3.8, 4) is 0 Å². The molecule has 8 nitrogen and oxygen atoms in total. The molecule has 0 unspecified atom stereocenters. The van der Waals surface area contributed by atoms with Crippen molar-refractivity contribution in [1.29, 1.82) is 0 Å². The van der Waals surface area contributed by atoms with E-state index in [9.17, 15) is 0 Å². The van der Waals surface area contributed by atoms with Gasteiger partial charge in [0.2, 0.25) is 0 Å². The number of methoxy groups -OCH3 is 2. The molecule has 0 bridgehead atoms. The van der Waals surface area contributed by atoms with E-state index in [0.717, 1.165) is 44.3 Å². The Morgan fingerprint density at radius 1 is 0.875 bits per heavy atom. The molecule has 0 aliphatic carbocycles. The van der Waals surface area contributed by atoms with Crippen molar-refractivity contribution < 1.29 is 37.3 Å². The zero-order valence-corrected chi connectivity index (χ0v) is 43.6. The SMILES string of the molecule is C=C(C[C@H](C)C[C@@H]1CC=C[C@@H](CCO[Si](C)(C)C(C)(C)C)O1)C[C@@H](/C=C/C[C@H](O[Si](c1ccccc1)(c1ccccc1)C(C)(C)C)[C@H](/C=C/[C@@H]1CC(C)=CCO1)OCOC)OCOC.